The van der Waals surface area contributed by atoms with Crippen LogP contribution in [0.5, 0.6) is 0 Å². The van der Waals surface area contributed by atoms with Crippen molar-refractivity contribution in [3.8, 4) is 0 Å². The van der Waals surface area contributed by atoms with E-state index in [1.54, 1.807) is 30.0 Å². The molecule has 0 saturated carbocycles. The predicted molar refractivity (Wildman–Crippen MR) is 68.8 cm³/mol. The third-order valence-corrected chi connectivity index (χ3v) is 3.95. The summed E-state index contributed by atoms with van der Waals surface area (Å²) in [4.78, 5) is 11.7. The van der Waals surface area contributed by atoms with Gasteiger partial charge in [0.05, 0.1) is 10.0 Å². The van der Waals surface area contributed by atoms with E-state index in [0.29, 0.717) is 16.5 Å². The lowest BCUT2D eigenvalue weighted by atomic mass is 10.3. The van der Waals surface area contributed by atoms with Crippen LogP contribution in [0.3, 0.4) is 0 Å². The summed E-state index contributed by atoms with van der Waals surface area (Å²) >= 11 is 13.5. The molecule has 6 heteroatoms. The Morgan fingerprint density at radius 1 is 1.38 bits per heavy atom. The van der Waals surface area contributed by atoms with Gasteiger partial charge in [0.1, 0.15) is 0 Å². The zero-order valence-corrected chi connectivity index (χ0v) is 10.8. The van der Waals surface area contributed by atoms with Crippen LogP contribution in [0.2, 0.25) is 10.0 Å². The van der Waals surface area contributed by atoms with E-state index in [0.717, 1.165) is 17.1 Å². The van der Waals surface area contributed by atoms with Crippen molar-refractivity contribution in [2.75, 3.05) is 5.75 Å². The SMILES string of the molecule is NNC(=O)CCCSc1c(Cl)cccc1Cl. The Morgan fingerprint density at radius 2 is 2.00 bits per heavy atom. The van der Waals surface area contributed by atoms with Gasteiger partial charge in [-0.1, -0.05) is 29.3 Å². The molecule has 16 heavy (non-hydrogen) atoms. The number of hydrazine groups is 1. The Kier molecular flexibility index (Phi) is 5.98. The molecule has 0 heterocycles. The number of halogens is 2. The number of hydrogen-bond donors (Lipinski definition) is 2. The molecule has 0 aliphatic rings. The van der Waals surface area contributed by atoms with Gasteiger partial charge in [0, 0.05) is 11.3 Å². The zero-order valence-electron chi connectivity index (χ0n) is 8.50. The van der Waals surface area contributed by atoms with Gasteiger partial charge in [0.2, 0.25) is 5.91 Å². The first-order valence-corrected chi connectivity index (χ1v) is 6.45. The van der Waals surface area contributed by atoms with E-state index in [1.165, 1.54) is 0 Å². The zero-order chi connectivity index (χ0) is 12.0. The number of amides is 1. The highest BCUT2D eigenvalue weighted by atomic mass is 35.5. The standard InChI is InChI=1S/C10H12Cl2N2OS/c11-7-3-1-4-8(12)10(7)16-6-2-5-9(15)14-13/h1,3-4H,2,5-6,13H2,(H,14,15). The van der Waals surface area contributed by atoms with Gasteiger partial charge in [-0.05, 0) is 24.3 Å². The highest BCUT2D eigenvalue weighted by Gasteiger charge is 2.06. The molecule has 88 valence electrons. The summed E-state index contributed by atoms with van der Waals surface area (Å²) in [6, 6.07) is 5.39. The van der Waals surface area contributed by atoms with Gasteiger partial charge in [-0.15, -0.1) is 11.8 Å². The number of carbonyl (C=O) groups excluding carboxylic acids is 1. The number of nitrogens with two attached hydrogens (primary N) is 1. The van der Waals surface area contributed by atoms with Crippen molar-refractivity contribution >= 4 is 40.9 Å². The minimum absolute atomic E-state index is 0.161. The van der Waals surface area contributed by atoms with Crippen LogP contribution in [-0.2, 0) is 4.79 Å². The van der Waals surface area contributed by atoms with E-state index in [1.807, 2.05) is 0 Å². The quantitative estimate of drug-likeness (QED) is 0.286. The number of hydrogen-bond acceptors (Lipinski definition) is 3. The molecule has 0 fully saturated rings. The smallest absolute Gasteiger partial charge is 0.233 e. The van der Waals surface area contributed by atoms with E-state index < -0.39 is 0 Å². The molecule has 0 unspecified atom stereocenters. The highest BCUT2D eigenvalue weighted by Crippen LogP contribution is 2.34. The first-order chi connectivity index (χ1) is 7.65. The molecular weight excluding hydrogens is 267 g/mol. The van der Waals surface area contributed by atoms with Crippen LogP contribution in [0.1, 0.15) is 12.8 Å². The Morgan fingerprint density at radius 3 is 2.56 bits per heavy atom. The van der Waals surface area contributed by atoms with Gasteiger partial charge in [-0.25, -0.2) is 5.84 Å². The van der Waals surface area contributed by atoms with Crippen LogP contribution in [0.15, 0.2) is 23.1 Å². The first kappa shape index (κ1) is 13.6. The number of benzene rings is 1. The molecule has 0 atom stereocenters. The maximum Gasteiger partial charge on any atom is 0.233 e. The monoisotopic (exact) mass is 278 g/mol. The van der Waals surface area contributed by atoms with Crippen molar-refractivity contribution in [1.29, 1.82) is 0 Å². The Hall–Kier alpha value is -0.420. The normalized spacial score (nSPS) is 10.2. The molecule has 3 nitrogen and oxygen atoms in total. The molecule has 0 aliphatic carbocycles. The molecule has 0 spiro atoms. The van der Waals surface area contributed by atoms with Gasteiger partial charge in [-0.2, -0.15) is 0 Å². The van der Waals surface area contributed by atoms with Crippen LogP contribution in [0, 0.1) is 0 Å². The molecule has 0 saturated heterocycles. The van der Waals surface area contributed by atoms with Crippen LogP contribution >= 0.6 is 35.0 Å². The average molecular weight is 279 g/mol. The Bertz CT molecular complexity index is 354. The van der Waals surface area contributed by atoms with E-state index in [2.05, 4.69) is 5.43 Å². The van der Waals surface area contributed by atoms with Gasteiger partial charge >= 0.3 is 0 Å². The fourth-order valence-electron chi connectivity index (χ4n) is 1.10. The molecule has 1 rings (SSSR count). The molecule has 0 radical (unpaired) electrons. The predicted octanol–water partition coefficient (Wildman–Crippen LogP) is 2.86. The Balaban J connectivity index is 2.40. The molecular formula is C10H12Cl2N2OS. The van der Waals surface area contributed by atoms with Gasteiger partial charge in [0.15, 0.2) is 0 Å². The van der Waals surface area contributed by atoms with E-state index in [9.17, 15) is 4.79 Å². The fraction of sp³-hybridized carbons (Fsp3) is 0.300. The van der Waals surface area contributed by atoms with Crippen molar-refractivity contribution in [2.45, 2.75) is 17.7 Å². The summed E-state index contributed by atoms with van der Waals surface area (Å²) in [6.45, 7) is 0. The van der Waals surface area contributed by atoms with Gasteiger partial charge in [0.25, 0.3) is 0 Å². The molecule has 1 aromatic rings. The molecule has 1 aromatic carbocycles. The topological polar surface area (TPSA) is 55.1 Å². The maximum atomic E-state index is 10.9. The van der Waals surface area contributed by atoms with Crippen molar-refractivity contribution in [1.82, 2.24) is 5.43 Å². The lowest BCUT2D eigenvalue weighted by Gasteiger charge is -2.05. The molecule has 0 aromatic heterocycles. The minimum atomic E-state index is -0.161. The maximum absolute atomic E-state index is 10.9. The van der Waals surface area contributed by atoms with Crippen LogP contribution in [0.25, 0.3) is 0 Å². The number of carbonyl (C=O) groups is 1. The molecule has 0 aliphatic heterocycles. The first-order valence-electron chi connectivity index (χ1n) is 4.71. The molecule has 1 amide bonds. The molecule has 0 bridgehead atoms. The summed E-state index contributed by atoms with van der Waals surface area (Å²) in [5.74, 6) is 5.58. The van der Waals surface area contributed by atoms with Crippen LogP contribution < -0.4 is 11.3 Å². The second kappa shape index (κ2) is 7.01. The second-order valence-electron chi connectivity index (χ2n) is 3.07. The van der Waals surface area contributed by atoms with Crippen LogP contribution in [-0.4, -0.2) is 11.7 Å². The Labute approximate surface area is 109 Å². The summed E-state index contributed by atoms with van der Waals surface area (Å²) in [6.07, 6.45) is 1.14. The lowest BCUT2D eigenvalue weighted by molar-refractivity contribution is -0.121. The molecule has 3 N–H and O–H groups in total. The van der Waals surface area contributed by atoms with Gasteiger partial charge in [-0.3, -0.25) is 10.2 Å². The largest absolute Gasteiger partial charge is 0.294 e. The summed E-state index contributed by atoms with van der Waals surface area (Å²) in [5, 5.41) is 1.28. The van der Waals surface area contributed by atoms with Crippen molar-refractivity contribution in [2.24, 2.45) is 5.84 Å². The highest BCUT2D eigenvalue weighted by molar-refractivity contribution is 7.99. The number of thioether (sulfide) groups is 1. The summed E-state index contributed by atoms with van der Waals surface area (Å²) < 4.78 is 0. The third kappa shape index (κ3) is 4.22. The average Bonchev–Trinajstić information content (AvgIpc) is 2.27. The van der Waals surface area contributed by atoms with Crippen molar-refractivity contribution in [3.63, 3.8) is 0 Å². The van der Waals surface area contributed by atoms with Crippen molar-refractivity contribution < 1.29 is 4.79 Å². The van der Waals surface area contributed by atoms with Gasteiger partial charge < -0.3 is 0 Å². The van der Waals surface area contributed by atoms with E-state index >= 15 is 0 Å². The minimum Gasteiger partial charge on any atom is -0.294 e. The summed E-state index contributed by atoms with van der Waals surface area (Å²) in [7, 11) is 0. The summed E-state index contributed by atoms with van der Waals surface area (Å²) in [5.41, 5.74) is 2.09. The van der Waals surface area contributed by atoms with E-state index in [4.69, 9.17) is 29.0 Å². The lowest BCUT2D eigenvalue weighted by Crippen LogP contribution is -2.29. The van der Waals surface area contributed by atoms with E-state index in [-0.39, 0.29) is 5.91 Å². The number of rotatable bonds is 5. The van der Waals surface area contributed by atoms with Crippen molar-refractivity contribution in [3.05, 3.63) is 28.2 Å². The number of nitrogens with one attached hydrogen (secondary N) is 1. The second-order valence-corrected chi connectivity index (χ2v) is 4.99. The third-order valence-electron chi connectivity index (χ3n) is 1.87. The fourth-order valence-corrected chi connectivity index (χ4v) is 2.73. The van der Waals surface area contributed by atoms with Crippen LogP contribution in [0.4, 0.5) is 0 Å².